The molecular weight excluding hydrogens is 1470 g/mol. The number of nitrogens with one attached hydrogen (secondary N) is 3. The van der Waals surface area contributed by atoms with Crippen LogP contribution < -0.4 is 16.0 Å². The summed E-state index contributed by atoms with van der Waals surface area (Å²) < 4.78 is 108. The van der Waals surface area contributed by atoms with Crippen LogP contribution in [0.25, 0.3) is 0 Å². The number of thiol groups is 1. The molecule has 0 radical (unpaired) electrons. The summed E-state index contributed by atoms with van der Waals surface area (Å²) in [4.78, 5) is 77.0. The smallest absolute Gasteiger partial charge is 0.383 e. The lowest BCUT2D eigenvalue weighted by molar-refractivity contribution is -0.270. The van der Waals surface area contributed by atoms with Crippen molar-refractivity contribution in [1.82, 2.24) is 16.0 Å². The van der Waals surface area contributed by atoms with Crippen LogP contribution in [0, 0.1) is 5.41 Å². The summed E-state index contributed by atoms with van der Waals surface area (Å²) >= 11 is 19.1. The predicted octanol–water partition coefficient (Wildman–Crippen LogP) is -2.38. The van der Waals surface area contributed by atoms with E-state index in [9.17, 15) is 84.5 Å². The minimum atomic E-state index is -4.07. The first kappa shape index (κ1) is 91.9. The Labute approximate surface area is 590 Å². The number of hydrogen-bond donors (Lipinski definition) is 17. The number of hydrogen-bond acceptors (Lipinski definition) is 33. The molecule has 0 aromatic heterocycles. The van der Waals surface area contributed by atoms with E-state index in [1.165, 1.54) is 20.8 Å². The van der Waals surface area contributed by atoms with E-state index in [4.69, 9.17) is 114 Å². The summed E-state index contributed by atoms with van der Waals surface area (Å²) in [5.41, 5.74) is -1.07. The Hall–Kier alpha value is -0.260. The lowest BCUT2D eigenvalue weighted by Crippen LogP contribution is -2.64. The number of ether oxygens (including phenoxy) is 10. The van der Waals surface area contributed by atoms with Crippen molar-refractivity contribution in [2.75, 3.05) is 139 Å². The Morgan fingerprint density at radius 3 is 0.837 bits per heavy atom. The minimum absolute atomic E-state index is 0.0350. The Kier molecular flexibility index (Phi) is 45.8. The normalized spacial score (nSPS) is 29.1. The summed E-state index contributed by atoms with van der Waals surface area (Å²) in [7, 11) is 0. The molecule has 578 valence electrons. The molecule has 98 heavy (non-hydrogen) atoms. The highest BCUT2D eigenvalue weighted by atomic mass is 32.7. The number of rotatable bonds is 55. The number of carbonyl (C=O) groups is 3. The average molecular weight is 1580 g/mol. The molecule has 3 amide bonds. The third-order valence-electron chi connectivity index (χ3n) is 14.4. The van der Waals surface area contributed by atoms with Crippen molar-refractivity contribution < 1.29 is 164 Å². The fourth-order valence-corrected chi connectivity index (χ4v) is 13.8. The quantitative estimate of drug-likeness (QED) is 0.0172. The van der Waals surface area contributed by atoms with Crippen molar-refractivity contribution in [3.63, 3.8) is 0 Å². The molecule has 0 aromatic carbocycles. The molecule has 16 N–H and O–H groups in total. The highest BCUT2D eigenvalue weighted by molar-refractivity contribution is 8.44. The molecule has 3 rings (SSSR count). The van der Waals surface area contributed by atoms with Crippen LogP contribution in [0.5, 0.6) is 0 Å². The van der Waals surface area contributed by atoms with Crippen LogP contribution in [0.3, 0.4) is 0 Å². The van der Waals surface area contributed by atoms with Gasteiger partial charge in [0.25, 0.3) is 0 Å². The Balaban J connectivity index is 1.56. The molecule has 3 aliphatic rings. The summed E-state index contributed by atoms with van der Waals surface area (Å²) in [6.45, 7) is -14.0. The van der Waals surface area contributed by atoms with E-state index in [-0.39, 0.29) is 145 Å². The molecule has 0 saturated carbocycles. The van der Waals surface area contributed by atoms with Gasteiger partial charge in [-0.05, 0) is 99.6 Å². The van der Waals surface area contributed by atoms with Crippen molar-refractivity contribution in [3.8, 4) is 0 Å². The van der Waals surface area contributed by atoms with Crippen LogP contribution in [0.2, 0.25) is 0 Å². The fraction of sp³-hybridized carbons (Fsp3) is 0.943. The van der Waals surface area contributed by atoms with E-state index < -0.39 is 162 Å². The molecule has 0 aromatic rings. The van der Waals surface area contributed by atoms with E-state index in [2.05, 4.69) is 28.2 Å². The summed E-state index contributed by atoms with van der Waals surface area (Å²) in [5, 5.41) is 98.4. The predicted molar refractivity (Wildman–Crippen MR) is 356 cm³/mol. The second kappa shape index (κ2) is 48.8. The first-order valence-electron chi connectivity index (χ1n) is 31.7. The van der Waals surface area contributed by atoms with E-state index in [1.807, 2.05) is 0 Å². The van der Waals surface area contributed by atoms with E-state index in [1.54, 1.807) is 0 Å². The standard InChI is InChI=1S/C53H103N3O34P4S4/c1-35(60)54-41-47(66)44(63)38(28-57)88-50(41)78-18-4-7-21-82-92(71,96)85-25-11-15-75-32-53(31-74-14-10-24-81-91(69,70)95,33-76-16-12-26-86-93(72,97)83-22-8-5-19-79-51-42(55-36(2)61)48(67)45(64)39(29-58)89-51)34-77-17-13-27-87-94(73,98)84-23-9-6-20-80-52-43(56-37(3)62)49(68)46(65)40(30-59)90-52/h38-52,57-59,63-68H,4-34H2,1-3H3,(H,54,60)(H,55,61)(H,56,62)(H,71,96)(H,72,97)(H,73,98)(H2,69,70,95). The molecule has 0 aliphatic carbocycles. The zero-order valence-electron chi connectivity index (χ0n) is 54.9. The molecule has 19 atom stereocenters. The maximum Gasteiger partial charge on any atom is 0.383 e. The highest BCUT2D eigenvalue weighted by Crippen LogP contribution is 2.47. The van der Waals surface area contributed by atoms with Crippen molar-refractivity contribution in [2.45, 2.75) is 177 Å². The van der Waals surface area contributed by atoms with Crippen LogP contribution in [-0.2, 0) is 133 Å². The van der Waals surface area contributed by atoms with Crippen molar-refractivity contribution in [1.29, 1.82) is 0 Å². The molecule has 3 aliphatic heterocycles. The highest BCUT2D eigenvalue weighted by Gasteiger charge is 2.48. The van der Waals surface area contributed by atoms with Gasteiger partial charge in [-0.1, -0.05) is 12.2 Å². The topological polar surface area (TPSA) is 524 Å². The first-order valence-corrected chi connectivity index (χ1v) is 42.2. The number of amides is 3. The number of aliphatic hydroxyl groups excluding tert-OH is 9. The Morgan fingerprint density at radius 2 is 0.612 bits per heavy atom. The van der Waals surface area contributed by atoms with Gasteiger partial charge in [-0.2, -0.15) is 0 Å². The molecule has 3 saturated heterocycles. The molecule has 37 nitrogen and oxygen atoms in total. The molecule has 19 unspecified atom stereocenters. The number of unbranched alkanes of at least 4 members (excludes halogenated alkanes) is 3. The molecule has 0 spiro atoms. The van der Waals surface area contributed by atoms with E-state index in [0.717, 1.165) is 0 Å². The van der Waals surface area contributed by atoms with Crippen LogP contribution in [-0.4, -0.2) is 314 Å². The second-order valence-electron chi connectivity index (χ2n) is 22.9. The monoisotopic (exact) mass is 1580 g/mol. The molecule has 3 fully saturated rings. The molecule has 45 heteroatoms. The van der Waals surface area contributed by atoms with Crippen LogP contribution in [0.1, 0.15) is 85.0 Å². The zero-order valence-corrected chi connectivity index (χ0v) is 61.8. The maximum atomic E-state index is 11.7. The fourth-order valence-electron chi connectivity index (χ4n) is 9.47. The largest absolute Gasteiger partial charge is 0.394 e. The summed E-state index contributed by atoms with van der Waals surface area (Å²) in [6, 6.07) is -3.35. The van der Waals surface area contributed by atoms with E-state index >= 15 is 0 Å². The zero-order chi connectivity index (χ0) is 73.0. The molecular formula is C53H103N3O34P4S4. The van der Waals surface area contributed by atoms with Gasteiger partial charge in [0.05, 0.1) is 97.9 Å². The Bertz CT molecular complexity index is 2220. The van der Waals surface area contributed by atoms with Gasteiger partial charge < -0.3 is 161 Å². The minimum Gasteiger partial charge on any atom is -0.394 e. The Morgan fingerprint density at radius 1 is 0.388 bits per heavy atom. The van der Waals surface area contributed by atoms with E-state index in [0.29, 0.717) is 38.5 Å². The summed E-state index contributed by atoms with van der Waals surface area (Å²) in [5.74, 6) is -1.52. The van der Waals surface area contributed by atoms with Gasteiger partial charge in [0.2, 0.25) is 17.7 Å². The van der Waals surface area contributed by atoms with Crippen LogP contribution in [0.4, 0.5) is 0 Å². The van der Waals surface area contributed by atoms with Gasteiger partial charge in [0.1, 0.15) is 73.1 Å². The van der Waals surface area contributed by atoms with Gasteiger partial charge in [-0.15, -0.1) is 0 Å². The van der Waals surface area contributed by atoms with Crippen molar-refractivity contribution in [3.05, 3.63) is 0 Å². The van der Waals surface area contributed by atoms with Crippen molar-refractivity contribution >= 4 is 92.3 Å². The van der Waals surface area contributed by atoms with Crippen molar-refractivity contribution in [2.24, 2.45) is 5.41 Å². The van der Waals surface area contributed by atoms with Gasteiger partial charge in [0.15, 0.2) is 18.9 Å². The third-order valence-corrected chi connectivity index (χ3v) is 20.2. The lowest BCUT2D eigenvalue weighted by atomic mass is 9.92. The van der Waals surface area contributed by atoms with Gasteiger partial charge in [-0.25, -0.2) is 4.57 Å². The number of carbonyl (C=O) groups excluding carboxylic acids is 3. The lowest BCUT2D eigenvalue weighted by Gasteiger charge is -2.42. The summed E-state index contributed by atoms with van der Waals surface area (Å²) in [6.07, 6.45) is -13.1. The molecule has 0 bridgehead atoms. The second-order valence-corrected chi connectivity index (χ2v) is 34.2. The number of aliphatic hydroxyl groups is 9. The van der Waals surface area contributed by atoms with Gasteiger partial charge in [-0.3, -0.25) is 14.4 Å². The van der Waals surface area contributed by atoms with Crippen LogP contribution in [0.15, 0.2) is 0 Å². The first-order chi connectivity index (χ1) is 46.3. The third kappa shape index (κ3) is 37.3. The van der Waals surface area contributed by atoms with Gasteiger partial charge >= 0.3 is 27.0 Å². The van der Waals surface area contributed by atoms with Gasteiger partial charge in [0, 0.05) is 67.0 Å². The van der Waals surface area contributed by atoms with Crippen LogP contribution >= 0.6 is 39.2 Å². The maximum absolute atomic E-state index is 11.7. The average Bonchev–Trinajstić information content (AvgIpc) is 0.826. The molecule has 3 heterocycles. The SMILES string of the molecule is CC(=O)NC1C(OCCCCOP(O)(=S)OCCCOCC(COCCCOP(=O)(O)S)(COCCCOP(O)(=S)OCCCCOC2OC(CO)C(O)C(O)C2NC(C)=O)COCCCOP(O)(=S)OCCCCOC2OC(CO)C(O)C(O)C2NC(C)=O)OC(CO)C(O)C1O.